The number of benzene rings is 1. The molecule has 28 heavy (non-hydrogen) atoms. The normalized spacial score (nSPS) is 11.3. The molecule has 0 saturated heterocycles. The van der Waals surface area contributed by atoms with Gasteiger partial charge in [0.1, 0.15) is 12.4 Å². The Balaban J connectivity index is 0.00000392. The molecule has 0 spiro atoms. The minimum absolute atomic E-state index is 0. The predicted octanol–water partition coefficient (Wildman–Crippen LogP) is 2.96. The molecule has 0 aliphatic rings. The van der Waals surface area contributed by atoms with Crippen LogP contribution in [0.1, 0.15) is 31.9 Å². The van der Waals surface area contributed by atoms with E-state index in [2.05, 4.69) is 75.9 Å². The number of guanidine groups is 1. The first-order valence-electron chi connectivity index (χ1n) is 9.60. The molecule has 0 atom stereocenters. The first-order valence-corrected chi connectivity index (χ1v) is 9.60. The second kappa shape index (κ2) is 12.6. The summed E-state index contributed by atoms with van der Waals surface area (Å²) in [6.45, 7) is 9.55. The molecule has 0 unspecified atom stereocenters. The number of halogens is 1. The Morgan fingerprint density at radius 2 is 1.89 bits per heavy atom. The van der Waals surface area contributed by atoms with Crippen LogP contribution in [-0.4, -0.2) is 47.4 Å². The van der Waals surface area contributed by atoms with Crippen LogP contribution < -0.4 is 15.5 Å². The van der Waals surface area contributed by atoms with Crippen molar-refractivity contribution in [3.8, 4) is 0 Å². The first kappa shape index (κ1) is 24.2. The molecular formula is C20H34IN7. The van der Waals surface area contributed by atoms with E-state index in [-0.39, 0.29) is 24.0 Å². The Morgan fingerprint density at radius 1 is 1.18 bits per heavy atom. The van der Waals surface area contributed by atoms with E-state index in [1.807, 2.05) is 24.6 Å². The van der Waals surface area contributed by atoms with E-state index < -0.39 is 0 Å². The quantitative estimate of drug-likeness (QED) is 0.240. The third kappa shape index (κ3) is 8.04. The molecule has 0 amide bonds. The fourth-order valence-corrected chi connectivity index (χ4v) is 2.55. The van der Waals surface area contributed by atoms with E-state index in [1.165, 1.54) is 5.69 Å². The molecule has 2 N–H and O–H groups in total. The molecule has 7 nitrogen and oxygen atoms in total. The second-order valence-electron chi connectivity index (χ2n) is 7.20. The van der Waals surface area contributed by atoms with Gasteiger partial charge < -0.3 is 20.1 Å². The summed E-state index contributed by atoms with van der Waals surface area (Å²) >= 11 is 0. The van der Waals surface area contributed by atoms with Crippen molar-refractivity contribution in [3.05, 3.63) is 42.0 Å². The third-order valence-electron chi connectivity index (χ3n) is 4.40. The minimum atomic E-state index is 0. The summed E-state index contributed by atoms with van der Waals surface area (Å²) in [5, 5.41) is 15.1. The lowest BCUT2D eigenvalue weighted by Gasteiger charge is -2.20. The molecule has 8 heteroatoms. The van der Waals surface area contributed by atoms with E-state index in [0.29, 0.717) is 12.5 Å². The van der Waals surface area contributed by atoms with E-state index >= 15 is 0 Å². The van der Waals surface area contributed by atoms with E-state index in [4.69, 9.17) is 0 Å². The van der Waals surface area contributed by atoms with Gasteiger partial charge in [-0.3, -0.25) is 0 Å². The van der Waals surface area contributed by atoms with Gasteiger partial charge in [0, 0.05) is 39.4 Å². The fraction of sp³-hybridized carbons (Fsp3) is 0.550. The van der Waals surface area contributed by atoms with Crippen molar-refractivity contribution in [2.45, 2.75) is 33.7 Å². The van der Waals surface area contributed by atoms with Crippen LogP contribution in [0.5, 0.6) is 0 Å². The SMILES string of the molecule is Cc1nnc(CN=C(NCCCN(C)c2ccccc2)NCC(C)C)n1C.I. The predicted molar refractivity (Wildman–Crippen MR) is 127 cm³/mol. The molecule has 1 aromatic heterocycles. The third-order valence-corrected chi connectivity index (χ3v) is 4.40. The van der Waals surface area contributed by atoms with Gasteiger partial charge in [-0.1, -0.05) is 32.0 Å². The molecule has 0 aliphatic heterocycles. The smallest absolute Gasteiger partial charge is 0.191 e. The molecule has 1 aromatic carbocycles. The number of nitrogens with zero attached hydrogens (tertiary/aromatic N) is 5. The van der Waals surface area contributed by atoms with Crippen molar-refractivity contribution in [3.63, 3.8) is 0 Å². The van der Waals surface area contributed by atoms with Gasteiger partial charge in [-0.25, -0.2) is 4.99 Å². The average molecular weight is 499 g/mol. The van der Waals surface area contributed by atoms with Crippen molar-refractivity contribution < 1.29 is 0 Å². The number of hydrogen-bond donors (Lipinski definition) is 2. The zero-order chi connectivity index (χ0) is 19.6. The number of hydrogen-bond acceptors (Lipinski definition) is 4. The van der Waals surface area contributed by atoms with E-state index in [0.717, 1.165) is 43.7 Å². The van der Waals surface area contributed by atoms with Crippen molar-refractivity contribution in [2.75, 3.05) is 31.6 Å². The van der Waals surface area contributed by atoms with Crippen LogP contribution in [-0.2, 0) is 13.6 Å². The Labute approximate surface area is 186 Å². The monoisotopic (exact) mass is 499 g/mol. The van der Waals surface area contributed by atoms with Crippen molar-refractivity contribution in [2.24, 2.45) is 18.0 Å². The zero-order valence-electron chi connectivity index (χ0n) is 17.6. The number of nitrogens with one attached hydrogen (secondary N) is 2. The van der Waals surface area contributed by atoms with Crippen LogP contribution in [0.15, 0.2) is 35.3 Å². The number of aromatic nitrogens is 3. The minimum Gasteiger partial charge on any atom is -0.375 e. The number of anilines is 1. The highest BCUT2D eigenvalue weighted by Crippen LogP contribution is 2.10. The number of aryl methyl sites for hydroxylation is 1. The molecule has 2 rings (SSSR count). The number of aliphatic imine (C=N–C) groups is 1. The summed E-state index contributed by atoms with van der Waals surface area (Å²) < 4.78 is 1.97. The van der Waals surface area contributed by atoms with Gasteiger partial charge in [-0.15, -0.1) is 34.2 Å². The molecule has 0 fully saturated rings. The highest BCUT2D eigenvalue weighted by atomic mass is 127. The Hall–Kier alpha value is -1.84. The second-order valence-corrected chi connectivity index (χ2v) is 7.20. The van der Waals surface area contributed by atoms with Crippen molar-refractivity contribution in [1.82, 2.24) is 25.4 Å². The van der Waals surface area contributed by atoms with Crippen LogP contribution in [0, 0.1) is 12.8 Å². The van der Waals surface area contributed by atoms with E-state index in [9.17, 15) is 0 Å². The van der Waals surface area contributed by atoms with Gasteiger partial charge in [0.15, 0.2) is 11.8 Å². The largest absolute Gasteiger partial charge is 0.375 e. The highest BCUT2D eigenvalue weighted by Gasteiger charge is 2.06. The molecule has 0 bridgehead atoms. The van der Waals surface area contributed by atoms with Crippen LogP contribution in [0.2, 0.25) is 0 Å². The topological polar surface area (TPSA) is 70.4 Å². The summed E-state index contributed by atoms with van der Waals surface area (Å²) in [6.07, 6.45) is 1.02. The molecule has 0 aliphatic carbocycles. The standard InChI is InChI=1S/C20H33N7.HI/c1-16(2)14-22-20(23-15-19-25-24-17(3)27(19)5)21-12-9-13-26(4)18-10-7-6-8-11-18;/h6-8,10-11,16H,9,12-15H2,1-5H3,(H2,21,22,23);1H. The maximum Gasteiger partial charge on any atom is 0.191 e. The summed E-state index contributed by atoms with van der Waals surface area (Å²) in [4.78, 5) is 6.94. The first-order chi connectivity index (χ1) is 13.0. The van der Waals surface area contributed by atoms with Gasteiger partial charge >= 0.3 is 0 Å². The average Bonchev–Trinajstić information content (AvgIpc) is 2.99. The van der Waals surface area contributed by atoms with Crippen molar-refractivity contribution in [1.29, 1.82) is 0 Å². The molecule has 0 radical (unpaired) electrons. The van der Waals surface area contributed by atoms with Gasteiger partial charge in [-0.2, -0.15) is 0 Å². The van der Waals surface area contributed by atoms with Crippen molar-refractivity contribution >= 4 is 35.6 Å². The van der Waals surface area contributed by atoms with Crippen LogP contribution >= 0.6 is 24.0 Å². The summed E-state index contributed by atoms with van der Waals surface area (Å²) in [5.41, 5.74) is 1.24. The zero-order valence-corrected chi connectivity index (χ0v) is 20.0. The lowest BCUT2D eigenvalue weighted by molar-refractivity contribution is 0.610. The summed E-state index contributed by atoms with van der Waals surface area (Å²) in [5.74, 6) is 3.14. The molecule has 0 saturated carbocycles. The number of rotatable bonds is 9. The molecule has 1 heterocycles. The Kier molecular flexibility index (Phi) is 10.9. The van der Waals surface area contributed by atoms with Gasteiger partial charge in [0.2, 0.25) is 0 Å². The highest BCUT2D eigenvalue weighted by molar-refractivity contribution is 14.0. The maximum absolute atomic E-state index is 4.67. The van der Waals surface area contributed by atoms with Crippen LogP contribution in [0.4, 0.5) is 5.69 Å². The lowest BCUT2D eigenvalue weighted by atomic mass is 10.2. The van der Waals surface area contributed by atoms with Crippen LogP contribution in [0.3, 0.4) is 0 Å². The fourth-order valence-electron chi connectivity index (χ4n) is 2.55. The van der Waals surface area contributed by atoms with Gasteiger partial charge in [0.05, 0.1) is 0 Å². The Bertz CT molecular complexity index is 713. The maximum atomic E-state index is 4.67. The summed E-state index contributed by atoms with van der Waals surface area (Å²) in [6, 6.07) is 10.4. The van der Waals surface area contributed by atoms with Gasteiger partial charge in [0.25, 0.3) is 0 Å². The summed E-state index contributed by atoms with van der Waals surface area (Å²) in [7, 11) is 4.09. The van der Waals surface area contributed by atoms with Crippen LogP contribution in [0.25, 0.3) is 0 Å². The molecule has 2 aromatic rings. The molecule has 156 valence electrons. The van der Waals surface area contributed by atoms with Gasteiger partial charge in [-0.05, 0) is 31.4 Å². The Morgan fingerprint density at radius 3 is 2.50 bits per heavy atom. The molecular weight excluding hydrogens is 465 g/mol. The lowest BCUT2D eigenvalue weighted by Crippen LogP contribution is -2.40. The number of para-hydroxylation sites is 1. The van der Waals surface area contributed by atoms with E-state index in [1.54, 1.807) is 0 Å².